The molecule has 1 aromatic carbocycles. The highest BCUT2D eigenvalue weighted by atomic mass is 35.5. The molecular weight excluding hydrogens is 258 g/mol. The van der Waals surface area contributed by atoms with E-state index < -0.39 is 0 Å². The van der Waals surface area contributed by atoms with Crippen molar-refractivity contribution in [3.05, 3.63) is 28.3 Å². The van der Waals surface area contributed by atoms with Gasteiger partial charge in [-0.25, -0.2) is 0 Å². The molecule has 0 fully saturated rings. The van der Waals surface area contributed by atoms with Gasteiger partial charge in [0.1, 0.15) is 5.75 Å². The third-order valence-corrected chi connectivity index (χ3v) is 3.35. The first-order chi connectivity index (χ1) is 8.86. The minimum Gasteiger partial charge on any atom is -0.493 e. The van der Waals surface area contributed by atoms with Gasteiger partial charge >= 0.3 is 0 Å². The number of hydrogen-bond donors (Lipinski definition) is 1. The number of rotatable bonds is 6. The van der Waals surface area contributed by atoms with Crippen molar-refractivity contribution in [1.29, 1.82) is 0 Å². The number of halogens is 1. The highest BCUT2D eigenvalue weighted by molar-refractivity contribution is 6.30. The van der Waals surface area contributed by atoms with Crippen LogP contribution in [-0.2, 0) is 0 Å². The summed E-state index contributed by atoms with van der Waals surface area (Å²) < 4.78 is 6.03. The van der Waals surface area contributed by atoms with Crippen molar-refractivity contribution in [3.63, 3.8) is 0 Å². The Morgan fingerprint density at radius 2 is 1.74 bits per heavy atom. The van der Waals surface area contributed by atoms with Gasteiger partial charge in [-0.2, -0.15) is 0 Å². The van der Waals surface area contributed by atoms with Crippen molar-refractivity contribution < 1.29 is 4.74 Å². The summed E-state index contributed by atoms with van der Waals surface area (Å²) in [5, 5.41) is 0.736. The molecule has 108 valence electrons. The molecule has 0 saturated heterocycles. The van der Waals surface area contributed by atoms with E-state index in [2.05, 4.69) is 34.6 Å². The van der Waals surface area contributed by atoms with Crippen LogP contribution in [0.5, 0.6) is 5.75 Å². The van der Waals surface area contributed by atoms with Gasteiger partial charge in [-0.05, 0) is 36.0 Å². The van der Waals surface area contributed by atoms with Crippen molar-refractivity contribution in [3.8, 4) is 5.75 Å². The summed E-state index contributed by atoms with van der Waals surface area (Å²) >= 11 is 6.22. The fourth-order valence-corrected chi connectivity index (χ4v) is 2.21. The molecule has 0 aliphatic rings. The first-order valence-corrected chi connectivity index (χ1v) is 7.46. The molecule has 0 aliphatic carbocycles. The molecule has 0 spiro atoms. The predicted octanol–water partition coefficient (Wildman–Crippen LogP) is 4.91. The SMILES string of the molecule is CCC(N)c1cc(Cl)cc(C(C)C)c1OCC(C)C. The lowest BCUT2D eigenvalue weighted by molar-refractivity contribution is 0.263. The van der Waals surface area contributed by atoms with Crippen LogP contribution >= 0.6 is 11.6 Å². The van der Waals surface area contributed by atoms with E-state index >= 15 is 0 Å². The van der Waals surface area contributed by atoms with Crippen LogP contribution in [0.2, 0.25) is 5.02 Å². The molecule has 1 aromatic rings. The largest absolute Gasteiger partial charge is 0.493 e. The molecule has 2 nitrogen and oxygen atoms in total. The van der Waals surface area contributed by atoms with E-state index in [1.807, 2.05) is 12.1 Å². The average Bonchev–Trinajstić information content (AvgIpc) is 2.34. The standard InChI is InChI=1S/C16H26ClNO/c1-6-15(18)14-8-12(17)7-13(11(4)5)16(14)19-9-10(2)3/h7-8,10-11,15H,6,9,18H2,1-5H3. The second-order valence-corrected chi connectivity index (χ2v) is 6.22. The smallest absolute Gasteiger partial charge is 0.127 e. The van der Waals surface area contributed by atoms with E-state index in [4.69, 9.17) is 22.1 Å². The zero-order chi connectivity index (χ0) is 14.6. The normalized spacial score (nSPS) is 13.1. The molecule has 1 rings (SSSR count). The van der Waals surface area contributed by atoms with E-state index in [9.17, 15) is 0 Å². The number of hydrogen-bond acceptors (Lipinski definition) is 2. The molecule has 1 unspecified atom stereocenters. The summed E-state index contributed by atoms with van der Waals surface area (Å²) in [6.45, 7) is 11.4. The Balaban J connectivity index is 3.25. The number of ether oxygens (including phenoxy) is 1. The molecule has 19 heavy (non-hydrogen) atoms. The maximum absolute atomic E-state index is 6.22. The number of nitrogens with two attached hydrogens (primary N) is 1. The highest BCUT2D eigenvalue weighted by Crippen LogP contribution is 2.37. The monoisotopic (exact) mass is 283 g/mol. The van der Waals surface area contributed by atoms with Crippen LogP contribution in [-0.4, -0.2) is 6.61 Å². The Kier molecular flexibility index (Phi) is 6.15. The summed E-state index contributed by atoms with van der Waals surface area (Å²) in [6.07, 6.45) is 0.871. The lowest BCUT2D eigenvalue weighted by Crippen LogP contribution is -2.15. The first kappa shape index (κ1) is 16.3. The van der Waals surface area contributed by atoms with Crippen LogP contribution in [0.4, 0.5) is 0 Å². The maximum Gasteiger partial charge on any atom is 0.127 e. The van der Waals surface area contributed by atoms with Gasteiger partial charge in [-0.3, -0.25) is 0 Å². The summed E-state index contributed by atoms with van der Waals surface area (Å²) in [5.74, 6) is 1.78. The first-order valence-electron chi connectivity index (χ1n) is 7.08. The third-order valence-electron chi connectivity index (χ3n) is 3.13. The van der Waals surface area contributed by atoms with Gasteiger partial charge in [-0.1, -0.05) is 46.2 Å². The van der Waals surface area contributed by atoms with Crippen LogP contribution in [0.25, 0.3) is 0 Å². The quantitative estimate of drug-likeness (QED) is 0.805. The van der Waals surface area contributed by atoms with E-state index in [1.54, 1.807) is 0 Å². The molecule has 1 atom stereocenters. The van der Waals surface area contributed by atoms with Crippen LogP contribution in [0.15, 0.2) is 12.1 Å². The molecule has 2 N–H and O–H groups in total. The van der Waals surface area contributed by atoms with E-state index in [-0.39, 0.29) is 6.04 Å². The topological polar surface area (TPSA) is 35.2 Å². The molecule has 0 aromatic heterocycles. The van der Waals surface area contributed by atoms with Crippen molar-refractivity contribution in [2.45, 2.75) is 53.0 Å². The van der Waals surface area contributed by atoms with Crippen molar-refractivity contribution in [2.75, 3.05) is 6.61 Å². The minimum atomic E-state index is -0.0293. The molecule has 0 bridgehead atoms. The fourth-order valence-electron chi connectivity index (χ4n) is 1.98. The van der Waals surface area contributed by atoms with E-state index in [0.717, 1.165) is 28.3 Å². The lowest BCUT2D eigenvalue weighted by atomic mass is 9.95. The van der Waals surface area contributed by atoms with Gasteiger partial charge in [0, 0.05) is 16.6 Å². The highest BCUT2D eigenvalue weighted by Gasteiger charge is 2.18. The molecule has 0 saturated carbocycles. The Morgan fingerprint density at radius 3 is 2.21 bits per heavy atom. The van der Waals surface area contributed by atoms with Gasteiger partial charge in [0.2, 0.25) is 0 Å². The zero-order valence-electron chi connectivity index (χ0n) is 12.7. The van der Waals surface area contributed by atoms with Crippen molar-refractivity contribution in [2.24, 2.45) is 11.7 Å². The summed E-state index contributed by atoms with van der Waals surface area (Å²) in [5.41, 5.74) is 8.37. The fraction of sp³-hybridized carbons (Fsp3) is 0.625. The second-order valence-electron chi connectivity index (χ2n) is 5.79. The van der Waals surface area contributed by atoms with Gasteiger partial charge in [-0.15, -0.1) is 0 Å². The van der Waals surface area contributed by atoms with Crippen LogP contribution < -0.4 is 10.5 Å². The molecule has 0 radical (unpaired) electrons. The zero-order valence-corrected chi connectivity index (χ0v) is 13.4. The second kappa shape index (κ2) is 7.16. The van der Waals surface area contributed by atoms with Crippen molar-refractivity contribution in [1.82, 2.24) is 0 Å². The third kappa shape index (κ3) is 4.39. The molecule has 3 heteroatoms. The van der Waals surface area contributed by atoms with Gasteiger partial charge in [0.15, 0.2) is 0 Å². The van der Waals surface area contributed by atoms with Gasteiger partial charge in [0.25, 0.3) is 0 Å². The van der Waals surface area contributed by atoms with Crippen LogP contribution in [0.1, 0.15) is 64.1 Å². The Labute approximate surface area is 122 Å². The molecular formula is C16H26ClNO. The Morgan fingerprint density at radius 1 is 1.16 bits per heavy atom. The summed E-state index contributed by atoms with van der Waals surface area (Å²) in [6, 6.07) is 3.91. The molecule has 0 amide bonds. The van der Waals surface area contributed by atoms with Gasteiger partial charge < -0.3 is 10.5 Å². The van der Waals surface area contributed by atoms with Gasteiger partial charge in [0.05, 0.1) is 6.61 Å². The van der Waals surface area contributed by atoms with Crippen molar-refractivity contribution >= 4 is 11.6 Å². The Hall–Kier alpha value is -0.730. The Bertz CT molecular complexity index is 415. The number of benzene rings is 1. The summed E-state index contributed by atoms with van der Waals surface area (Å²) in [4.78, 5) is 0. The summed E-state index contributed by atoms with van der Waals surface area (Å²) in [7, 11) is 0. The minimum absolute atomic E-state index is 0.0293. The molecule has 0 heterocycles. The molecule has 0 aliphatic heterocycles. The van der Waals surface area contributed by atoms with Crippen LogP contribution in [0.3, 0.4) is 0 Å². The average molecular weight is 284 g/mol. The van der Waals surface area contributed by atoms with E-state index in [0.29, 0.717) is 18.4 Å². The predicted molar refractivity (Wildman–Crippen MR) is 83.1 cm³/mol. The van der Waals surface area contributed by atoms with Crippen LogP contribution in [0, 0.1) is 5.92 Å². The lowest BCUT2D eigenvalue weighted by Gasteiger charge is -2.22. The maximum atomic E-state index is 6.22. The van der Waals surface area contributed by atoms with E-state index in [1.165, 1.54) is 0 Å².